The molecule has 116 valence electrons. The molecule has 0 aliphatic carbocycles. The molecule has 0 radical (unpaired) electrons. The number of hydrogen-bond donors (Lipinski definition) is 2. The van der Waals surface area contributed by atoms with Crippen molar-refractivity contribution in [3.8, 4) is 0 Å². The van der Waals surface area contributed by atoms with Crippen LogP contribution in [0.4, 0.5) is 15.8 Å². The Kier molecular flexibility index (Phi) is 5.43. The van der Waals surface area contributed by atoms with Gasteiger partial charge in [-0.05, 0) is 38.4 Å². The summed E-state index contributed by atoms with van der Waals surface area (Å²) in [5.41, 5.74) is 1.32. The smallest absolute Gasteiger partial charge is 0.269 e. The van der Waals surface area contributed by atoms with E-state index in [0.717, 1.165) is 6.54 Å². The summed E-state index contributed by atoms with van der Waals surface area (Å²) >= 11 is 0. The van der Waals surface area contributed by atoms with Gasteiger partial charge in [-0.2, -0.15) is 0 Å². The van der Waals surface area contributed by atoms with Crippen molar-refractivity contribution in [3.05, 3.63) is 54.1 Å². The molecule has 2 N–H and O–H groups in total. The molecule has 1 aromatic heterocycles. The fourth-order valence-corrected chi connectivity index (χ4v) is 1.80. The number of nitrogens with zero attached hydrogens (tertiary/aromatic N) is 2. The van der Waals surface area contributed by atoms with Crippen LogP contribution in [-0.4, -0.2) is 43.0 Å². The van der Waals surface area contributed by atoms with Crippen LogP contribution in [0, 0.1) is 5.82 Å². The van der Waals surface area contributed by atoms with Crippen molar-refractivity contribution in [2.45, 2.75) is 0 Å². The molecule has 2 rings (SSSR count). The highest BCUT2D eigenvalue weighted by atomic mass is 19.1. The van der Waals surface area contributed by atoms with Crippen molar-refractivity contribution in [2.75, 3.05) is 32.5 Å². The average Bonchev–Trinajstić information content (AvgIpc) is 2.50. The molecule has 0 aliphatic heterocycles. The first kappa shape index (κ1) is 15.9. The molecule has 5 nitrogen and oxygen atoms in total. The van der Waals surface area contributed by atoms with Crippen LogP contribution in [0.25, 0.3) is 0 Å². The first-order chi connectivity index (χ1) is 10.6. The number of amides is 1. The summed E-state index contributed by atoms with van der Waals surface area (Å²) < 4.78 is 13.5. The van der Waals surface area contributed by atoms with Crippen LogP contribution in [0.2, 0.25) is 0 Å². The SMILES string of the molecule is CN(C)CCNC(=O)c1ccc(Nc2ccccc2F)cn1. The van der Waals surface area contributed by atoms with Gasteiger partial charge in [-0.1, -0.05) is 12.1 Å². The molecular weight excluding hydrogens is 283 g/mol. The van der Waals surface area contributed by atoms with Crippen LogP contribution in [0.1, 0.15) is 10.5 Å². The number of pyridine rings is 1. The van der Waals surface area contributed by atoms with Gasteiger partial charge < -0.3 is 15.5 Å². The minimum Gasteiger partial charge on any atom is -0.352 e. The minimum absolute atomic E-state index is 0.223. The normalized spacial score (nSPS) is 10.5. The summed E-state index contributed by atoms with van der Waals surface area (Å²) in [6.07, 6.45) is 1.51. The Balaban J connectivity index is 1.95. The fraction of sp³-hybridized carbons (Fsp3) is 0.250. The minimum atomic E-state index is -0.340. The lowest BCUT2D eigenvalue weighted by Gasteiger charge is -2.10. The zero-order valence-corrected chi connectivity index (χ0v) is 12.6. The second-order valence-electron chi connectivity index (χ2n) is 5.10. The summed E-state index contributed by atoms with van der Waals surface area (Å²) in [7, 11) is 3.88. The molecule has 0 spiro atoms. The second kappa shape index (κ2) is 7.51. The summed E-state index contributed by atoms with van der Waals surface area (Å²) in [4.78, 5) is 18.0. The second-order valence-corrected chi connectivity index (χ2v) is 5.10. The molecule has 0 bridgehead atoms. The van der Waals surface area contributed by atoms with E-state index in [9.17, 15) is 9.18 Å². The Morgan fingerprint density at radius 2 is 2.00 bits per heavy atom. The predicted molar refractivity (Wildman–Crippen MR) is 84.8 cm³/mol. The first-order valence-corrected chi connectivity index (χ1v) is 6.97. The first-order valence-electron chi connectivity index (χ1n) is 6.97. The third-order valence-corrected chi connectivity index (χ3v) is 2.99. The van der Waals surface area contributed by atoms with Crippen LogP contribution in [0.15, 0.2) is 42.6 Å². The molecule has 1 aromatic carbocycles. The quantitative estimate of drug-likeness (QED) is 0.859. The number of anilines is 2. The standard InChI is InChI=1S/C16H19FN4O/c1-21(2)10-9-18-16(22)15-8-7-12(11-19-15)20-14-6-4-3-5-13(14)17/h3-8,11,20H,9-10H2,1-2H3,(H,18,22). The predicted octanol–water partition coefficient (Wildman–Crippen LogP) is 2.26. The summed E-state index contributed by atoms with van der Waals surface area (Å²) in [5.74, 6) is -0.563. The maximum absolute atomic E-state index is 13.5. The number of rotatable bonds is 6. The Hall–Kier alpha value is -2.47. The topological polar surface area (TPSA) is 57.3 Å². The molecule has 0 aliphatic rings. The molecular formula is C16H19FN4O. The molecule has 1 amide bonds. The van der Waals surface area contributed by atoms with Gasteiger partial charge in [-0.25, -0.2) is 9.37 Å². The molecule has 1 heterocycles. The summed E-state index contributed by atoms with van der Waals surface area (Å²) in [6.45, 7) is 1.32. The highest BCUT2D eigenvalue weighted by molar-refractivity contribution is 5.92. The Labute approximate surface area is 129 Å². The molecule has 22 heavy (non-hydrogen) atoms. The summed E-state index contributed by atoms with van der Waals surface area (Å²) in [5, 5.41) is 5.71. The van der Waals surface area contributed by atoms with Gasteiger partial charge in [0.1, 0.15) is 11.5 Å². The number of carbonyl (C=O) groups is 1. The molecule has 0 unspecified atom stereocenters. The third-order valence-electron chi connectivity index (χ3n) is 2.99. The third kappa shape index (κ3) is 4.53. The molecule has 6 heteroatoms. The van der Waals surface area contributed by atoms with Gasteiger partial charge in [-0.15, -0.1) is 0 Å². The van der Waals surface area contributed by atoms with Crippen LogP contribution in [0.3, 0.4) is 0 Å². The van der Waals surface area contributed by atoms with Gasteiger partial charge >= 0.3 is 0 Å². The van der Waals surface area contributed by atoms with Crippen molar-refractivity contribution in [1.82, 2.24) is 15.2 Å². The van der Waals surface area contributed by atoms with Gasteiger partial charge in [0, 0.05) is 13.1 Å². The van der Waals surface area contributed by atoms with E-state index in [0.29, 0.717) is 23.6 Å². The average molecular weight is 302 g/mol. The van der Waals surface area contributed by atoms with Gasteiger partial charge in [-0.3, -0.25) is 4.79 Å². The largest absolute Gasteiger partial charge is 0.352 e. The molecule has 0 saturated carbocycles. The number of para-hydroxylation sites is 1. The summed E-state index contributed by atoms with van der Waals surface area (Å²) in [6, 6.07) is 9.68. The van der Waals surface area contributed by atoms with E-state index in [1.807, 2.05) is 19.0 Å². The van der Waals surface area contributed by atoms with Crippen molar-refractivity contribution in [1.29, 1.82) is 0 Å². The number of halogens is 1. The Bertz CT molecular complexity index is 628. The Morgan fingerprint density at radius 3 is 2.64 bits per heavy atom. The van der Waals surface area contributed by atoms with Crippen LogP contribution >= 0.6 is 0 Å². The van der Waals surface area contributed by atoms with E-state index in [4.69, 9.17) is 0 Å². The van der Waals surface area contributed by atoms with E-state index in [1.165, 1.54) is 12.3 Å². The van der Waals surface area contributed by atoms with E-state index < -0.39 is 0 Å². The molecule has 0 atom stereocenters. The lowest BCUT2D eigenvalue weighted by atomic mass is 10.2. The van der Waals surface area contributed by atoms with Crippen molar-refractivity contribution in [2.24, 2.45) is 0 Å². The molecule has 0 saturated heterocycles. The fourth-order valence-electron chi connectivity index (χ4n) is 1.80. The van der Waals surface area contributed by atoms with Gasteiger partial charge in [0.15, 0.2) is 0 Å². The van der Waals surface area contributed by atoms with E-state index in [-0.39, 0.29) is 11.7 Å². The highest BCUT2D eigenvalue weighted by Crippen LogP contribution is 2.18. The van der Waals surface area contributed by atoms with Crippen molar-refractivity contribution in [3.63, 3.8) is 0 Å². The van der Waals surface area contributed by atoms with Crippen LogP contribution in [0.5, 0.6) is 0 Å². The van der Waals surface area contributed by atoms with Gasteiger partial charge in [0.2, 0.25) is 0 Å². The number of nitrogens with one attached hydrogen (secondary N) is 2. The van der Waals surface area contributed by atoms with Crippen molar-refractivity contribution < 1.29 is 9.18 Å². The maximum atomic E-state index is 13.5. The van der Waals surface area contributed by atoms with Crippen LogP contribution in [-0.2, 0) is 0 Å². The lowest BCUT2D eigenvalue weighted by molar-refractivity contribution is 0.0946. The number of benzene rings is 1. The zero-order chi connectivity index (χ0) is 15.9. The van der Waals surface area contributed by atoms with E-state index in [1.54, 1.807) is 30.3 Å². The van der Waals surface area contributed by atoms with Crippen LogP contribution < -0.4 is 10.6 Å². The van der Waals surface area contributed by atoms with Gasteiger partial charge in [0.25, 0.3) is 5.91 Å². The van der Waals surface area contributed by atoms with Gasteiger partial charge in [0.05, 0.1) is 17.6 Å². The van der Waals surface area contributed by atoms with E-state index >= 15 is 0 Å². The highest BCUT2D eigenvalue weighted by Gasteiger charge is 2.07. The number of aromatic nitrogens is 1. The number of likely N-dealkylation sites (N-methyl/N-ethyl adjacent to an activating group) is 1. The number of carbonyl (C=O) groups excluding carboxylic acids is 1. The number of hydrogen-bond acceptors (Lipinski definition) is 4. The molecule has 2 aromatic rings. The zero-order valence-electron chi connectivity index (χ0n) is 12.6. The maximum Gasteiger partial charge on any atom is 0.269 e. The Morgan fingerprint density at radius 1 is 1.23 bits per heavy atom. The van der Waals surface area contributed by atoms with E-state index in [2.05, 4.69) is 15.6 Å². The lowest BCUT2D eigenvalue weighted by Crippen LogP contribution is -2.31. The molecule has 0 fully saturated rings. The van der Waals surface area contributed by atoms with Crippen molar-refractivity contribution >= 4 is 17.3 Å². The monoisotopic (exact) mass is 302 g/mol.